The van der Waals surface area contributed by atoms with Crippen molar-refractivity contribution in [3.05, 3.63) is 12.7 Å². The molecule has 0 heterocycles. The van der Waals surface area contributed by atoms with Gasteiger partial charge in [0.15, 0.2) is 0 Å². The smallest absolute Gasteiger partial charge is 0.243 e. The third-order valence-electron chi connectivity index (χ3n) is 9.42. The molecule has 1 amide bonds. The number of amides is 1. The maximum atomic E-state index is 11.2. The Labute approximate surface area is 193 Å². The van der Waals surface area contributed by atoms with E-state index in [1.165, 1.54) is 89.5 Å². The highest BCUT2D eigenvalue weighted by Gasteiger charge is 2.34. The van der Waals surface area contributed by atoms with Crippen LogP contribution in [0.5, 0.6) is 0 Å². The van der Waals surface area contributed by atoms with Crippen LogP contribution < -0.4 is 5.32 Å². The van der Waals surface area contributed by atoms with E-state index in [2.05, 4.69) is 18.8 Å². The molecule has 178 valence electrons. The molecule has 3 aliphatic carbocycles. The Morgan fingerprint density at radius 2 is 1.13 bits per heavy atom. The van der Waals surface area contributed by atoms with Crippen molar-refractivity contribution in [2.24, 2.45) is 35.5 Å². The quantitative estimate of drug-likeness (QED) is 0.261. The van der Waals surface area contributed by atoms with E-state index in [0.717, 1.165) is 48.5 Å². The maximum Gasteiger partial charge on any atom is 0.243 e. The van der Waals surface area contributed by atoms with Crippen LogP contribution in [0.25, 0.3) is 0 Å². The van der Waals surface area contributed by atoms with Crippen LogP contribution in [0.4, 0.5) is 0 Å². The third-order valence-corrected chi connectivity index (χ3v) is 9.42. The van der Waals surface area contributed by atoms with Crippen LogP contribution in [-0.4, -0.2) is 12.5 Å². The number of rotatable bonds is 11. The first kappa shape index (κ1) is 24.8. The van der Waals surface area contributed by atoms with Gasteiger partial charge in [-0.1, -0.05) is 64.9 Å². The third kappa shape index (κ3) is 8.25. The van der Waals surface area contributed by atoms with Crippen molar-refractivity contribution in [3.8, 4) is 0 Å². The van der Waals surface area contributed by atoms with Crippen LogP contribution in [0.15, 0.2) is 12.7 Å². The van der Waals surface area contributed by atoms with Crippen molar-refractivity contribution in [2.45, 2.75) is 122 Å². The first-order valence-electron chi connectivity index (χ1n) is 14.1. The molecule has 0 saturated heterocycles. The zero-order valence-corrected chi connectivity index (χ0v) is 20.6. The van der Waals surface area contributed by atoms with Crippen LogP contribution in [0, 0.1) is 35.5 Å². The Bertz CT molecular complexity index is 505. The first-order valence-corrected chi connectivity index (χ1v) is 14.1. The summed E-state index contributed by atoms with van der Waals surface area (Å²) in [5, 5.41) is 2.92. The van der Waals surface area contributed by atoms with Crippen molar-refractivity contribution >= 4 is 5.91 Å². The molecule has 3 fully saturated rings. The number of nitrogens with one attached hydrogen (secondary N) is 1. The van der Waals surface area contributed by atoms with Gasteiger partial charge in [0.2, 0.25) is 5.91 Å². The van der Waals surface area contributed by atoms with E-state index in [9.17, 15) is 4.79 Å². The monoisotopic (exact) mass is 429 g/mol. The van der Waals surface area contributed by atoms with Gasteiger partial charge in [0, 0.05) is 6.54 Å². The molecule has 0 aromatic heterocycles. The molecule has 0 spiro atoms. The molecule has 0 radical (unpaired) electrons. The lowest BCUT2D eigenvalue weighted by Gasteiger charge is -2.41. The van der Waals surface area contributed by atoms with E-state index in [0.29, 0.717) is 0 Å². The van der Waals surface area contributed by atoms with Gasteiger partial charge in [-0.3, -0.25) is 4.79 Å². The summed E-state index contributed by atoms with van der Waals surface area (Å²) in [4.78, 5) is 11.2. The molecule has 0 aliphatic heterocycles. The van der Waals surface area contributed by atoms with E-state index >= 15 is 0 Å². The summed E-state index contributed by atoms with van der Waals surface area (Å²) in [7, 11) is 0. The fourth-order valence-corrected chi connectivity index (χ4v) is 7.34. The summed E-state index contributed by atoms with van der Waals surface area (Å²) in [6.45, 7) is 6.66. The Hall–Kier alpha value is -0.790. The topological polar surface area (TPSA) is 29.1 Å². The van der Waals surface area contributed by atoms with Crippen molar-refractivity contribution in [2.75, 3.05) is 6.54 Å². The van der Waals surface area contributed by atoms with Gasteiger partial charge in [0.1, 0.15) is 0 Å². The Kier molecular flexibility index (Phi) is 11.0. The first-order chi connectivity index (χ1) is 15.2. The molecule has 2 nitrogen and oxygen atoms in total. The summed E-state index contributed by atoms with van der Waals surface area (Å²) < 4.78 is 0. The van der Waals surface area contributed by atoms with Crippen LogP contribution in [0.1, 0.15) is 122 Å². The molecule has 2 heteroatoms. The van der Waals surface area contributed by atoms with Crippen molar-refractivity contribution in [3.63, 3.8) is 0 Å². The molecule has 3 rings (SSSR count). The average molecular weight is 430 g/mol. The molecular weight excluding hydrogens is 378 g/mol. The van der Waals surface area contributed by atoms with Crippen molar-refractivity contribution in [1.82, 2.24) is 5.32 Å². The normalized spacial score (nSPS) is 34.2. The lowest BCUT2D eigenvalue weighted by molar-refractivity contribution is -0.116. The van der Waals surface area contributed by atoms with E-state index in [1.54, 1.807) is 25.7 Å². The number of carbonyl (C=O) groups excluding carboxylic acids is 1. The summed E-state index contributed by atoms with van der Waals surface area (Å²) in [6, 6.07) is 0. The SMILES string of the molecule is C=CC(=O)NCCCC1CCC(C2CCC(C3CCC(CCCCC)CC3)CC2)CC1. The minimum atomic E-state index is -0.0284. The zero-order valence-electron chi connectivity index (χ0n) is 20.6. The molecular formula is C29H51NO. The molecule has 1 N–H and O–H groups in total. The number of hydrogen-bond donors (Lipinski definition) is 1. The predicted octanol–water partition coefficient (Wildman–Crippen LogP) is 8.07. The van der Waals surface area contributed by atoms with Crippen LogP contribution >= 0.6 is 0 Å². The van der Waals surface area contributed by atoms with Gasteiger partial charge in [-0.2, -0.15) is 0 Å². The van der Waals surface area contributed by atoms with Crippen LogP contribution in [0.2, 0.25) is 0 Å². The molecule has 0 aromatic carbocycles. The largest absolute Gasteiger partial charge is 0.353 e. The molecule has 0 bridgehead atoms. The fraction of sp³-hybridized carbons (Fsp3) is 0.897. The van der Waals surface area contributed by atoms with Gasteiger partial charge >= 0.3 is 0 Å². The summed E-state index contributed by atoms with van der Waals surface area (Å²) in [6.07, 6.45) is 27.7. The zero-order chi connectivity index (χ0) is 21.9. The van der Waals surface area contributed by atoms with Gasteiger partial charge in [-0.25, -0.2) is 0 Å². The summed E-state index contributed by atoms with van der Waals surface area (Å²) in [5.41, 5.74) is 0. The van der Waals surface area contributed by atoms with Gasteiger partial charge in [-0.05, 0) is 106 Å². The minimum Gasteiger partial charge on any atom is -0.353 e. The minimum absolute atomic E-state index is 0.0284. The lowest BCUT2D eigenvalue weighted by atomic mass is 9.64. The lowest BCUT2D eigenvalue weighted by Crippen LogP contribution is -2.30. The van der Waals surface area contributed by atoms with Gasteiger partial charge < -0.3 is 5.32 Å². The number of carbonyl (C=O) groups is 1. The number of unbranched alkanes of at least 4 members (excludes halogenated alkanes) is 2. The molecule has 0 atom stereocenters. The van der Waals surface area contributed by atoms with E-state index < -0.39 is 0 Å². The highest BCUT2D eigenvalue weighted by molar-refractivity contribution is 5.86. The summed E-state index contributed by atoms with van der Waals surface area (Å²) >= 11 is 0. The van der Waals surface area contributed by atoms with Gasteiger partial charge in [0.25, 0.3) is 0 Å². The van der Waals surface area contributed by atoms with Gasteiger partial charge in [0.05, 0.1) is 0 Å². The molecule has 0 unspecified atom stereocenters. The predicted molar refractivity (Wildman–Crippen MR) is 133 cm³/mol. The summed E-state index contributed by atoms with van der Waals surface area (Å²) in [5.74, 6) is 6.13. The van der Waals surface area contributed by atoms with Crippen LogP contribution in [0.3, 0.4) is 0 Å². The van der Waals surface area contributed by atoms with Crippen molar-refractivity contribution < 1.29 is 4.79 Å². The Morgan fingerprint density at radius 3 is 1.55 bits per heavy atom. The number of hydrogen-bond acceptors (Lipinski definition) is 1. The fourth-order valence-electron chi connectivity index (χ4n) is 7.34. The highest BCUT2D eigenvalue weighted by atomic mass is 16.1. The molecule has 3 aliphatic rings. The molecule has 0 aromatic rings. The second-order valence-corrected chi connectivity index (χ2v) is 11.4. The van der Waals surface area contributed by atoms with Crippen molar-refractivity contribution in [1.29, 1.82) is 0 Å². The average Bonchev–Trinajstić information content (AvgIpc) is 2.83. The van der Waals surface area contributed by atoms with Gasteiger partial charge in [-0.15, -0.1) is 0 Å². The molecule has 3 saturated carbocycles. The second kappa shape index (κ2) is 13.7. The Morgan fingerprint density at radius 1 is 0.710 bits per heavy atom. The van der Waals surface area contributed by atoms with Crippen LogP contribution in [-0.2, 0) is 4.79 Å². The highest BCUT2D eigenvalue weighted by Crippen LogP contribution is 2.46. The Balaban J connectivity index is 1.26. The van der Waals surface area contributed by atoms with E-state index in [1.807, 2.05) is 0 Å². The van der Waals surface area contributed by atoms with E-state index in [4.69, 9.17) is 0 Å². The van der Waals surface area contributed by atoms with E-state index in [-0.39, 0.29) is 5.91 Å². The second-order valence-electron chi connectivity index (χ2n) is 11.4. The maximum absolute atomic E-state index is 11.2. The standard InChI is InChI=1S/C29H51NO/c1-3-5-6-8-23-10-14-25(15-11-23)27-18-20-28(21-19-27)26-16-12-24(13-17-26)9-7-22-30-29(31)4-2/h4,23-28H,2-3,5-22H2,1H3,(H,30,31). The molecule has 31 heavy (non-hydrogen) atoms.